The molecular weight excluding hydrogens is 452 g/mol. The molecule has 0 saturated heterocycles. The maximum Gasteiger partial charge on any atom is 0.243 e. The van der Waals surface area contributed by atoms with Crippen LogP contribution >= 0.6 is 23.4 Å². The summed E-state index contributed by atoms with van der Waals surface area (Å²) in [7, 11) is 0. The van der Waals surface area contributed by atoms with Crippen molar-refractivity contribution in [3.05, 3.63) is 70.2 Å². The van der Waals surface area contributed by atoms with E-state index in [1.165, 1.54) is 17.5 Å². The maximum absolute atomic E-state index is 13.4. The number of amides is 2. The van der Waals surface area contributed by atoms with Crippen molar-refractivity contribution in [3.8, 4) is 0 Å². The average molecular weight is 487 g/mol. The van der Waals surface area contributed by atoms with Crippen LogP contribution in [0.1, 0.15) is 62.1 Å². The first-order chi connectivity index (χ1) is 16.0. The molecule has 1 N–H and O–H groups in total. The van der Waals surface area contributed by atoms with Crippen LogP contribution in [0, 0.1) is 6.92 Å². The van der Waals surface area contributed by atoms with Gasteiger partial charge in [-0.15, -0.1) is 11.8 Å². The molecule has 33 heavy (non-hydrogen) atoms. The number of carbonyl (C=O) groups is 2. The van der Waals surface area contributed by atoms with E-state index >= 15 is 0 Å². The number of thioether (sulfide) groups is 1. The molecule has 1 aliphatic rings. The standard InChI is InChI=1S/C27H35ClN2O2S/c1-3-25(27(32)29-23-14-5-4-6-15-23)30(17-21-12-9-10-16-24(21)28)26(31)19-33-18-22-13-8-7-11-20(22)2/h7-13,16,23,25H,3-6,14-15,17-19H2,1-2H3,(H,29,32)/t25-/m0/s1. The second kappa shape index (κ2) is 13.0. The van der Waals surface area contributed by atoms with Gasteiger partial charge in [-0.25, -0.2) is 0 Å². The third kappa shape index (κ3) is 7.51. The lowest BCUT2D eigenvalue weighted by atomic mass is 9.95. The monoisotopic (exact) mass is 486 g/mol. The van der Waals surface area contributed by atoms with E-state index in [0.29, 0.717) is 23.7 Å². The number of nitrogens with zero attached hydrogens (tertiary/aromatic N) is 1. The number of halogens is 1. The lowest BCUT2D eigenvalue weighted by molar-refractivity contribution is -0.139. The Balaban J connectivity index is 1.72. The number of rotatable bonds is 10. The van der Waals surface area contributed by atoms with Crippen molar-refractivity contribution < 1.29 is 9.59 Å². The van der Waals surface area contributed by atoms with Crippen LogP contribution in [-0.2, 0) is 21.9 Å². The topological polar surface area (TPSA) is 49.4 Å². The number of carbonyl (C=O) groups excluding carboxylic acids is 2. The quantitative estimate of drug-likeness (QED) is 0.439. The fraction of sp³-hybridized carbons (Fsp3) is 0.481. The number of nitrogens with one attached hydrogen (secondary N) is 1. The molecule has 2 aromatic rings. The Labute approximate surface area is 207 Å². The second-order valence-electron chi connectivity index (χ2n) is 8.80. The SMILES string of the molecule is CC[C@@H](C(=O)NC1CCCCC1)N(Cc1ccccc1Cl)C(=O)CSCc1ccccc1C. The Bertz CT molecular complexity index is 930. The van der Waals surface area contributed by atoms with Crippen LogP contribution < -0.4 is 5.32 Å². The predicted molar refractivity (Wildman–Crippen MR) is 138 cm³/mol. The van der Waals surface area contributed by atoms with E-state index in [2.05, 4.69) is 24.4 Å². The number of hydrogen-bond donors (Lipinski definition) is 1. The predicted octanol–water partition coefficient (Wildman–Crippen LogP) is 6.14. The van der Waals surface area contributed by atoms with Crippen molar-refractivity contribution in [1.29, 1.82) is 0 Å². The summed E-state index contributed by atoms with van der Waals surface area (Å²) in [5, 5.41) is 3.84. The van der Waals surface area contributed by atoms with E-state index in [-0.39, 0.29) is 17.9 Å². The molecule has 0 aromatic heterocycles. The summed E-state index contributed by atoms with van der Waals surface area (Å²) in [6.45, 7) is 4.39. The molecular formula is C27H35ClN2O2S. The van der Waals surface area contributed by atoms with E-state index < -0.39 is 6.04 Å². The van der Waals surface area contributed by atoms with Crippen LogP contribution in [-0.4, -0.2) is 34.6 Å². The third-order valence-electron chi connectivity index (χ3n) is 6.38. The van der Waals surface area contributed by atoms with Crippen molar-refractivity contribution in [2.24, 2.45) is 0 Å². The van der Waals surface area contributed by atoms with Gasteiger partial charge in [0.25, 0.3) is 0 Å². The Morgan fingerprint density at radius 1 is 1.06 bits per heavy atom. The van der Waals surface area contributed by atoms with Gasteiger partial charge in [-0.05, 0) is 48.9 Å². The van der Waals surface area contributed by atoms with Gasteiger partial charge < -0.3 is 10.2 Å². The van der Waals surface area contributed by atoms with Crippen molar-refractivity contribution in [2.45, 2.75) is 76.8 Å². The molecule has 1 saturated carbocycles. The van der Waals surface area contributed by atoms with Crippen molar-refractivity contribution in [3.63, 3.8) is 0 Å². The van der Waals surface area contributed by atoms with E-state index in [1.807, 2.05) is 43.3 Å². The molecule has 0 bridgehead atoms. The van der Waals surface area contributed by atoms with E-state index in [4.69, 9.17) is 11.6 Å². The maximum atomic E-state index is 13.4. The minimum Gasteiger partial charge on any atom is -0.352 e. The molecule has 0 spiro atoms. The fourth-order valence-electron chi connectivity index (χ4n) is 4.38. The fourth-order valence-corrected chi connectivity index (χ4v) is 5.56. The highest BCUT2D eigenvalue weighted by molar-refractivity contribution is 7.99. The van der Waals surface area contributed by atoms with Crippen molar-refractivity contribution >= 4 is 35.2 Å². The average Bonchev–Trinajstić information content (AvgIpc) is 2.82. The Kier molecular flexibility index (Phi) is 10.1. The first-order valence-corrected chi connectivity index (χ1v) is 13.5. The number of hydrogen-bond acceptors (Lipinski definition) is 3. The highest BCUT2D eigenvalue weighted by atomic mass is 35.5. The molecule has 0 heterocycles. The third-order valence-corrected chi connectivity index (χ3v) is 7.72. The molecule has 2 amide bonds. The highest BCUT2D eigenvalue weighted by Gasteiger charge is 2.30. The smallest absolute Gasteiger partial charge is 0.243 e. The molecule has 3 rings (SSSR count). The van der Waals surface area contributed by atoms with Gasteiger partial charge in [0.15, 0.2) is 0 Å². The molecule has 6 heteroatoms. The zero-order valence-electron chi connectivity index (χ0n) is 19.7. The minimum absolute atomic E-state index is 0.0286. The van der Waals surface area contributed by atoms with Crippen LogP contribution in [0.15, 0.2) is 48.5 Å². The molecule has 0 radical (unpaired) electrons. The molecule has 0 unspecified atom stereocenters. The molecule has 178 valence electrons. The summed E-state index contributed by atoms with van der Waals surface area (Å²) in [6, 6.07) is 15.5. The molecule has 0 aliphatic heterocycles. The lowest BCUT2D eigenvalue weighted by Crippen LogP contribution is -2.52. The van der Waals surface area contributed by atoms with Gasteiger partial charge in [0.05, 0.1) is 5.75 Å². The zero-order chi connectivity index (χ0) is 23.6. The van der Waals surface area contributed by atoms with Crippen LogP contribution in [0.25, 0.3) is 0 Å². The van der Waals surface area contributed by atoms with Crippen molar-refractivity contribution in [2.75, 3.05) is 5.75 Å². The molecule has 1 atom stereocenters. The lowest BCUT2D eigenvalue weighted by Gasteiger charge is -2.33. The second-order valence-corrected chi connectivity index (χ2v) is 10.2. The summed E-state index contributed by atoms with van der Waals surface area (Å²) in [5.41, 5.74) is 3.32. The van der Waals surface area contributed by atoms with Gasteiger partial charge in [0.2, 0.25) is 11.8 Å². The summed E-state index contributed by atoms with van der Waals surface area (Å²) in [6.07, 6.45) is 6.15. The molecule has 1 aliphatic carbocycles. The van der Waals surface area contributed by atoms with E-state index in [1.54, 1.807) is 16.7 Å². The summed E-state index contributed by atoms with van der Waals surface area (Å²) >= 11 is 8.01. The summed E-state index contributed by atoms with van der Waals surface area (Å²) < 4.78 is 0. The van der Waals surface area contributed by atoms with Gasteiger partial charge in [0, 0.05) is 23.4 Å². The zero-order valence-corrected chi connectivity index (χ0v) is 21.3. The summed E-state index contributed by atoms with van der Waals surface area (Å²) in [5.74, 6) is 1.02. The Morgan fingerprint density at radius 2 is 1.73 bits per heavy atom. The van der Waals surface area contributed by atoms with Gasteiger partial charge >= 0.3 is 0 Å². The Hall–Kier alpha value is -1.98. The number of aryl methyl sites for hydroxylation is 1. The largest absolute Gasteiger partial charge is 0.352 e. The minimum atomic E-state index is -0.505. The number of benzene rings is 2. The van der Waals surface area contributed by atoms with E-state index in [0.717, 1.165) is 37.0 Å². The van der Waals surface area contributed by atoms with Gasteiger partial charge in [0.1, 0.15) is 6.04 Å². The normalized spacial score (nSPS) is 15.1. The molecule has 1 fully saturated rings. The van der Waals surface area contributed by atoms with Gasteiger partial charge in [-0.1, -0.05) is 80.3 Å². The van der Waals surface area contributed by atoms with Gasteiger partial charge in [-0.2, -0.15) is 0 Å². The Morgan fingerprint density at radius 3 is 2.39 bits per heavy atom. The first kappa shape index (κ1) is 25.6. The van der Waals surface area contributed by atoms with Crippen LogP contribution in [0.5, 0.6) is 0 Å². The van der Waals surface area contributed by atoms with Crippen LogP contribution in [0.2, 0.25) is 5.02 Å². The van der Waals surface area contributed by atoms with Crippen molar-refractivity contribution in [1.82, 2.24) is 10.2 Å². The molecule has 4 nitrogen and oxygen atoms in total. The molecule has 2 aromatic carbocycles. The van der Waals surface area contributed by atoms with Crippen LogP contribution in [0.4, 0.5) is 0 Å². The highest BCUT2D eigenvalue weighted by Crippen LogP contribution is 2.23. The van der Waals surface area contributed by atoms with E-state index in [9.17, 15) is 9.59 Å². The van der Waals surface area contributed by atoms with Crippen LogP contribution in [0.3, 0.4) is 0 Å². The van der Waals surface area contributed by atoms with Gasteiger partial charge in [-0.3, -0.25) is 9.59 Å². The summed E-state index contributed by atoms with van der Waals surface area (Å²) in [4.78, 5) is 28.4. The first-order valence-electron chi connectivity index (χ1n) is 11.9.